The number of carbonyl (C=O) groups is 2. The fraction of sp³-hybridized carbons (Fsp3) is 0.462. The molecule has 1 saturated heterocycles. The zero-order chi connectivity index (χ0) is 17.5. The molecule has 1 aliphatic rings. The van der Waals surface area contributed by atoms with Crippen LogP contribution in [-0.2, 0) is 9.59 Å². The Morgan fingerprint density at radius 2 is 2.17 bits per heavy atom. The van der Waals surface area contributed by atoms with Crippen LogP contribution in [0.5, 0.6) is 0 Å². The maximum absolute atomic E-state index is 11.1. The molecule has 0 bridgehead atoms. The number of nitrogens with zero attached hydrogens (tertiary/aromatic N) is 1. The van der Waals surface area contributed by atoms with E-state index in [2.05, 4.69) is 10.3 Å². The number of aromatic nitrogens is 1. The molecule has 0 aliphatic carbocycles. The molecule has 1 fully saturated rings. The highest BCUT2D eigenvalue weighted by atomic mass is 32.2. The van der Waals surface area contributed by atoms with E-state index in [1.807, 2.05) is 6.08 Å². The molecule has 0 amide bonds. The molecule has 1 unspecified atom stereocenters. The minimum absolute atomic E-state index is 0.158. The van der Waals surface area contributed by atoms with Crippen molar-refractivity contribution in [3.05, 3.63) is 23.9 Å². The first kappa shape index (κ1) is 19.2. The van der Waals surface area contributed by atoms with Gasteiger partial charge in [-0.3, -0.25) is 4.79 Å². The van der Waals surface area contributed by atoms with Crippen molar-refractivity contribution in [3.8, 4) is 0 Å². The second-order valence-corrected chi connectivity index (χ2v) is 5.84. The van der Waals surface area contributed by atoms with Crippen LogP contribution < -0.4 is 5.32 Å². The van der Waals surface area contributed by atoms with E-state index in [1.54, 1.807) is 19.4 Å². The molecule has 2 rings (SSSR count). The Balaban J connectivity index is 0.000000322. The van der Waals surface area contributed by atoms with Crippen molar-refractivity contribution in [3.63, 3.8) is 0 Å². The van der Waals surface area contributed by atoms with Gasteiger partial charge < -0.3 is 14.8 Å². The Kier molecular flexibility index (Phi) is 7.30. The second kappa shape index (κ2) is 8.73. The van der Waals surface area contributed by atoms with Gasteiger partial charge in [-0.05, 0) is 18.5 Å². The standard InChI is InChI=1S/C11H14N2O2S.C2HF3O2/c1-8(14)16-10-2-3-12-7-9(10)6-11-13-4-5-15-11;3-2(4,5)1(6)7/h4-6,10,12H,2-3,7H2,1H3;(H,6,7). The average Bonchev–Trinajstić information content (AvgIpc) is 2.93. The monoisotopic (exact) mass is 352 g/mol. The van der Waals surface area contributed by atoms with E-state index in [4.69, 9.17) is 14.3 Å². The third-order valence-corrected chi connectivity index (χ3v) is 3.79. The summed E-state index contributed by atoms with van der Waals surface area (Å²) in [5.41, 5.74) is 1.17. The lowest BCUT2D eigenvalue weighted by atomic mass is 10.1. The number of aliphatic carboxylic acids is 1. The molecule has 0 saturated carbocycles. The van der Waals surface area contributed by atoms with E-state index in [-0.39, 0.29) is 10.4 Å². The quantitative estimate of drug-likeness (QED) is 0.844. The molecule has 1 aliphatic heterocycles. The van der Waals surface area contributed by atoms with Gasteiger partial charge in [0.05, 0.1) is 6.20 Å². The number of nitrogens with one attached hydrogen (secondary N) is 1. The second-order valence-electron chi connectivity index (χ2n) is 4.46. The minimum atomic E-state index is -5.08. The minimum Gasteiger partial charge on any atom is -0.475 e. The molecule has 2 heterocycles. The van der Waals surface area contributed by atoms with E-state index >= 15 is 0 Å². The van der Waals surface area contributed by atoms with Gasteiger partial charge in [-0.1, -0.05) is 11.8 Å². The van der Waals surface area contributed by atoms with Crippen LogP contribution in [0.4, 0.5) is 13.2 Å². The molecule has 2 N–H and O–H groups in total. The zero-order valence-electron chi connectivity index (χ0n) is 12.1. The van der Waals surface area contributed by atoms with Crippen LogP contribution in [0.1, 0.15) is 19.2 Å². The van der Waals surface area contributed by atoms with Gasteiger partial charge in [-0.15, -0.1) is 0 Å². The van der Waals surface area contributed by atoms with Gasteiger partial charge in [-0.25, -0.2) is 9.78 Å². The maximum atomic E-state index is 11.1. The molecule has 0 spiro atoms. The van der Waals surface area contributed by atoms with Crippen molar-refractivity contribution in [2.24, 2.45) is 0 Å². The third-order valence-electron chi connectivity index (χ3n) is 2.64. The molecule has 6 nitrogen and oxygen atoms in total. The molecule has 0 radical (unpaired) electrons. The summed E-state index contributed by atoms with van der Waals surface area (Å²) >= 11 is 1.39. The smallest absolute Gasteiger partial charge is 0.475 e. The van der Waals surface area contributed by atoms with E-state index in [1.165, 1.54) is 17.3 Å². The number of carbonyl (C=O) groups excluding carboxylic acids is 1. The van der Waals surface area contributed by atoms with Gasteiger partial charge in [0.1, 0.15) is 6.26 Å². The van der Waals surface area contributed by atoms with Crippen molar-refractivity contribution in [1.82, 2.24) is 10.3 Å². The first-order chi connectivity index (χ1) is 10.7. The van der Waals surface area contributed by atoms with Gasteiger partial charge in [0.2, 0.25) is 5.89 Å². The van der Waals surface area contributed by atoms with Crippen LogP contribution in [0.3, 0.4) is 0 Å². The molecule has 1 aromatic rings. The number of rotatable bonds is 2. The van der Waals surface area contributed by atoms with E-state index in [0.717, 1.165) is 19.5 Å². The van der Waals surface area contributed by atoms with Crippen molar-refractivity contribution < 1.29 is 32.3 Å². The van der Waals surface area contributed by atoms with Crippen molar-refractivity contribution in [1.29, 1.82) is 0 Å². The molecule has 1 atom stereocenters. The number of oxazole rings is 1. The summed E-state index contributed by atoms with van der Waals surface area (Å²) in [6.07, 6.45) is 0.981. The van der Waals surface area contributed by atoms with E-state index in [0.29, 0.717) is 5.89 Å². The van der Waals surface area contributed by atoms with Crippen molar-refractivity contribution in [2.45, 2.75) is 24.8 Å². The van der Waals surface area contributed by atoms with Gasteiger partial charge >= 0.3 is 12.1 Å². The number of alkyl halides is 3. The predicted octanol–water partition coefficient (Wildman–Crippen LogP) is 2.33. The Morgan fingerprint density at radius 3 is 2.65 bits per heavy atom. The topological polar surface area (TPSA) is 92.4 Å². The lowest BCUT2D eigenvalue weighted by Gasteiger charge is -2.24. The predicted molar refractivity (Wildman–Crippen MR) is 77.7 cm³/mol. The SMILES string of the molecule is CC(=O)SC1CCNCC1=Cc1ncco1.O=C(O)C(F)(F)F. The number of hydrogen-bond donors (Lipinski definition) is 2. The number of carboxylic acid groups (broad SMARTS) is 1. The van der Waals surface area contributed by atoms with Crippen LogP contribution in [0.15, 0.2) is 22.5 Å². The first-order valence-corrected chi connectivity index (χ1v) is 7.36. The van der Waals surface area contributed by atoms with Crippen LogP contribution in [0.2, 0.25) is 0 Å². The van der Waals surface area contributed by atoms with Gasteiger partial charge in [0, 0.05) is 24.8 Å². The van der Waals surface area contributed by atoms with Gasteiger partial charge in [0.15, 0.2) is 5.12 Å². The summed E-state index contributed by atoms with van der Waals surface area (Å²) < 4.78 is 36.9. The zero-order valence-corrected chi connectivity index (χ0v) is 12.9. The number of halogens is 3. The first-order valence-electron chi connectivity index (χ1n) is 6.48. The summed E-state index contributed by atoms with van der Waals surface area (Å²) in [6.45, 7) is 3.36. The lowest BCUT2D eigenvalue weighted by Crippen LogP contribution is -2.32. The van der Waals surface area contributed by atoms with Crippen LogP contribution in [-0.4, -0.2) is 45.7 Å². The van der Waals surface area contributed by atoms with Gasteiger partial charge in [-0.2, -0.15) is 13.2 Å². The highest BCUT2D eigenvalue weighted by Crippen LogP contribution is 2.26. The summed E-state index contributed by atoms with van der Waals surface area (Å²) in [7, 11) is 0. The highest BCUT2D eigenvalue weighted by Gasteiger charge is 2.38. The summed E-state index contributed by atoms with van der Waals surface area (Å²) in [6, 6.07) is 0. The average molecular weight is 352 g/mol. The Hall–Kier alpha value is -1.81. The van der Waals surface area contributed by atoms with E-state index < -0.39 is 12.1 Å². The molecule has 10 heteroatoms. The lowest BCUT2D eigenvalue weighted by molar-refractivity contribution is -0.192. The van der Waals surface area contributed by atoms with Crippen molar-refractivity contribution in [2.75, 3.05) is 13.1 Å². The number of carboxylic acids is 1. The molecule has 1 aromatic heterocycles. The van der Waals surface area contributed by atoms with Crippen LogP contribution in [0.25, 0.3) is 6.08 Å². The van der Waals surface area contributed by atoms with E-state index in [9.17, 15) is 18.0 Å². The largest absolute Gasteiger partial charge is 0.490 e. The van der Waals surface area contributed by atoms with Crippen LogP contribution >= 0.6 is 11.8 Å². The Bertz CT molecular complexity index is 558. The Morgan fingerprint density at radius 1 is 1.52 bits per heavy atom. The van der Waals surface area contributed by atoms with Gasteiger partial charge in [0.25, 0.3) is 0 Å². The Labute approximate surface area is 134 Å². The van der Waals surface area contributed by atoms with Crippen LogP contribution in [0, 0.1) is 0 Å². The molecular weight excluding hydrogens is 337 g/mol. The fourth-order valence-electron chi connectivity index (χ4n) is 1.71. The van der Waals surface area contributed by atoms with Crippen molar-refractivity contribution >= 4 is 28.9 Å². The number of hydrogen-bond acceptors (Lipinski definition) is 6. The fourth-order valence-corrected chi connectivity index (χ4v) is 2.65. The summed E-state index contributed by atoms with van der Waals surface area (Å²) in [5, 5.41) is 10.8. The molecule has 23 heavy (non-hydrogen) atoms. The number of thioether (sulfide) groups is 1. The summed E-state index contributed by atoms with van der Waals surface area (Å²) in [4.78, 5) is 24.1. The highest BCUT2D eigenvalue weighted by molar-refractivity contribution is 8.14. The maximum Gasteiger partial charge on any atom is 0.490 e. The normalized spacial score (nSPS) is 19.8. The summed E-state index contributed by atoms with van der Waals surface area (Å²) in [5.74, 6) is -2.15. The molecular formula is C13H15F3N2O4S. The molecule has 128 valence electrons. The molecule has 0 aromatic carbocycles. The number of piperidine rings is 1. The third kappa shape index (κ3) is 7.33.